The highest BCUT2D eigenvalue weighted by Gasteiger charge is 2.26. The monoisotopic (exact) mass is 353 g/mol. The molecule has 128 valence electrons. The second-order valence-corrected chi connectivity index (χ2v) is 7.22. The Morgan fingerprint density at radius 3 is 3.08 bits per heavy atom. The third kappa shape index (κ3) is 3.70. The van der Waals surface area contributed by atoms with Gasteiger partial charge in [-0.3, -0.25) is 4.79 Å². The van der Waals surface area contributed by atoms with Crippen LogP contribution in [-0.4, -0.2) is 46.6 Å². The topological polar surface area (TPSA) is 55.3 Å². The molecule has 0 spiro atoms. The fourth-order valence-electron chi connectivity index (χ4n) is 3.10. The number of nitrogens with zero attached hydrogens (tertiary/aromatic N) is 3. The number of hydrogen-bond acceptors (Lipinski definition) is 5. The first kappa shape index (κ1) is 16.2. The number of amides is 1. The summed E-state index contributed by atoms with van der Waals surface area (Å²) in [4.78, 5) is 23.7. The molecule has 1 aliphatic rings. The summed E-state index contributed by atoms with van der Waals surface area (Å²) < 4.78 is 6.99. The van der Waals surface area contributed by atoms with E-state index in [-0.39, 0.29) is 12.0 Å². The molecule has 0 saturated carbocycles. The summed E-state index contributed by atoms with van der Waals surface area (Å²) in [5.74, 6) is 0.108. The zero-order valence-electron chi connectivity index (χ0n) is 13.8. The second-order valence-electron chi connectivity index (χ2n) is 6.13. The quantitative estimate of drug-likeness (QED) is 0.723. The van der Waals surface area contributed by atoms with Gasteiger partial charge in [0, 0.05) is 29.7 Å². The Morgan fingerprint density at radius 2 is 2.24 bits per heavy atom. The molecule has 0 unspecified atom stereocenters. The number of morpholine rings is 1. The molecule has 5 nitrogen and oxygen atoms in total. The van der Waals surface area contributed by atoms with Crippen LogP contribution in [0.2, 0.25) is 0 Å². The van der Waals surface area contributed by atoms with E-state index in [2.05, 4.69) is 16.0 Å². The first-order valence-electron chi connectivity index (χ1n) is 8.44. The van der Waals surface area contributed by atoms with E-state index < -0.39 is 0 Å². The van der Waals surface area contributed by atoms with Crippen molar-refractivity contribution in [2.24, 2.45) is 0 Å². The molecule has 6 heteroatoms. The lowest BCUT2D eigenvalue weighted by Crippen LogP contribution is -2.45. The lowest BCUT2D eigenvalue weighted by atomic mass is 10.1. The predicted molar refractivity (Wildman–Crippen MR) is 97.8 cm³/mol. The van der Waals surface area contributed by atoms with Crippen LogP contribution in [0.25, 0.3) is 10.1 Å². The first-order chi connectivity index (χ1) is 12.3. The molecule has 25 heavy (non-hydrogen) atoms. The highest BCUT2D eigenvalue weighted by molar-refractivity contribution is 7.20. The molecular weight excluding hydrogens is 334 g/mol. The summed E-state index contributed by atoms with van der Waals surface area (Å²) in [7, 11) is 0. The van der Waals surface area contributed by atoms with E-state index in [4.69, 9.17) is 4.74 Å². The van der Waals surface area contributed by atoms with E-state index in [1.807, 2.05) is 35.2 Å². The average molecular weight is 353 g/mol. The van der Waals surface area contributed by atoms with Crippen LogP contribution in [0.1, 0.15) is 21.8 Å². The Kier molecular flexibility index (Phi) is 4.72. The normalized spacial score (nSPS) is 17.8. The summed E-state index contributed by atoms with van der Waals surface area (Å²) in [5, 5.41) is 1.13. The fourth-order valence-corrected chi connectivity index (χ4v) is 4.13. The van der Waals surface area contributed by atoms with Crippen molar-refractivity contribution in [2.45, 2.75) is 18.9 Å². The number of hydrogen-bond donors (Lipinski definition) is 0. The third-order valence-electron chi connectivity index (χ3n) is 4.43. The molecule has 2 aromatic heterocycles. The van der Waals surface area contributed by atoms with Gasteiger partial charge < -0.3 is 9.64 Å². The van der Waals surface area contributed by atoms with Crippen molar-refractivity contribution in [3.05, 3.63) is 59.5 Å². The van der Waals surface area contributed by atoms with Crippen LogP contribution in [0.5, 0.6) is 0 Å². The molecule has 1 atom stereocenters. The Morgan fingerprint density at radius 1 is 1.32 bits per heavy atom. The molecule has 1 aromatic carbocycles. The van der Waals surface area contributed by atoms with Crippen molar-refractivity contribution in [2.75, 3.05) is 19.7 Å². The van der Waals surface area contributed by atoms with Crippen molar-refractivity contribution < 1.29 is 9.53 Å². The molecule has 1 saturated heterocycles. The maximum absolute atomic E-state index is 12.8. The molecule has 1 aliphatic heterocycles. The van der Waals surface area contributed by atoms with E-state index in [9.17, 15) is 4.79 Å². The van der Waals surface area contributed by atoms with Gasteiger partial charge in [0.15, 0.2) is 0 Å². The molecule has 0 bridgehead atoms. The second kappa shape index (κ2) is 7.29. The van der Waals surface area contributed by atoms with Crippen molar-refractivity contribution >= 4 is 27.3 Å². The van der Waals surface area contributed by atoms with Gasteiger partial charge in [-0.15, -0.1) is 11.3 Å². The number of aromatic nitrogens is 2. The van der Waals surface area contributed by atoms with Crippen LogP contribution in [0, 0.1) is 0 Å². The van der Waals surface area contributed by atoms with Crippen LogP contribution < -0.4 is 0 Å². The van der Waals surface area contributed by atoms with Crippen LogP contribution >= 0.6 is 11.3 Å². The minimum absolute atomic E-state index is 0.0574. The largest absolute Gasteiger partial charge is 0.375 e. The SMILES string of the molecule is O=C(c1cc2ccccc2s1)N1CCO[C@@H](CCc2ccncn2)C1. The smallest absolute Gasteiger partial charge is 0.264 e. The summed E-state index contributed by atoms with van der Waals surface area (Å²) in [6, 6.07) is 12.0. The highest BCUT2D eigenvalue weighted by Crippen LogP contribution is 2.27. The van der Waals surface area contributed by atoms with Gasteiger partial charge in [-0.25, -0.2) is 9.97 Å². The number of thiophene rings is 1. The molecule has 0 radical (unpaired) electrons. The summed E-state index contributed by atoms with van der Waals surface area (Å²) in [6.07, 6.45) is 5.06. The number of rotatable bonds is 4. The van der Waals surface area contributed by atoms with Gasteiger partial charge in [-0.1, -0.05) is 18.2 Å². The number of aryl methyl sites for hydroxylation is 1. The van der Waals surface area contributed by atoms with E-state index in [1.54, 1.807) is 23.9 Å². The summed E-state index contributed by atoms with van der Waals surface area (Å²) in [5.41, 5.74) is 1.01. The van der Waals surface area contributed by atoms with Crippen molar-refractivity contribution in [1.82, 2.24) is 14.9 Å². The van der Waals surface area contributed by atoms with Gasteiger partial charge in [0.05, 0.1) is 17.6 Å². The van der Waals surface area contributed by atoms with Gasteiger partial charge in [0.1, 0.15) is 6.33 Å². The van der Waals surface area contributed by atoms with E-state index >= 15 is 0 Å². The van der Waals surface area contributed by atoms with Crippen molar-refractivity contribution in [1.29, 1.82) is 0 Å². The van der Waals surface area contributed by atoms with E-state index in [0.717, 1.165) is 33.5 Å². The number of benzene rings is 1. The van der Waals surface area contributed by atoms with Crippen molar-refractivity contribution in [3.8, 4) is 0 Å². The minimum Gasteiger partial charge on any atom is -0.375 e. The molecule has 1 fully saturated rings. The van der Waals surface area contributed by atoms with E-state index in [0.29, 0.717) is 19.7 Å². The highest BCUT2D eigenvalue weighted by atomic mass is 32.1. The molecule has 3 heterocycles. The maximum Gasteiger partial charge on any atom is 0.264 e. The van der Waals surface area contributed by atoms with Gasteiger partial charge >= 0.3 is 0 Å². The number of ether oxygens (including phenoxy) is 1. The third-order valence-corrected chi connectivity index (χ3v) is 5.53. The molecule has 0 aliphatic carbocycles. The maximum atomic E-state index is 12.8. The number of carbonyl (C=O) groups excluding carboxylic acids is 1. The van der Waals surface area contributed by atoms with Crippen LogP contribution in [0.3, 0.4) is 0 Å². The fraction of sp³-hybridized carbons (Fsp3) is 0.316. The van der Waals surface area contributed by atoms with Crippen LogP contribution in [0.15, 0.2) is 48.9 Å². The van der Waals surface area contributed by atoms with Gasteiger partial charge in [-0.2, -0.15) is 0 Å². The minimum atomic E-state index is 0.0574. The Hall–Kier alpha value is -2.31. The zero-order chi connectivity index (χ0) is 17.1. The average Bonchev–Trinajstić information content (AvgIpc) is 3.11. The summed E-state index contributed by atoms with van der Waals surface area (Å²) >= 11 is 1.56. The molecule has 4 rings (SSSR count). The number of carbonyl (C=O) groups is 1. The van der Waals surface area contributed by atoms with Crippen molar-refractivity contribution in [3.63, 3.8) is 0 Å². The molecule has 0 N–H and O–H groups in total. The standard InChI is InChI=1S/C19H19N3O2S/c23-19(18-11-14-3-1-2-4-17(14)25-18)22-9-10-24-16(12-22)6-5-15-7-8-20-13-21-15/h1-4,7-8,11,13,16H,5-6,9-10,12H2/t16-/m0/s1. The van der Waals surface area contributed by atoms with Gasteiger partial charge in [0.2, 0.25) is 0 Å². The molecule has 1 amide bonds. The lowest BCUT2D eigenvalue weighted by molar-refractivity contribution is -0.0245. The van der Waals surface area contributed by atoms with Crippen LogP contribution in [0.4, 0.5) is 0 Å². The Balaban J connectivity index is 1.40. The van der Waals surface area contributed by atoms with Crippen LogP contribution in [-0.2, 0) is 11.2 Å². The zero-order valence-corrected chi connectivity index (χ0v) is 14.6. The number of fused-ring (bicyclic) bond motifs is 1. The van der Waals surface area contributed by atoms with Gasteiger partial charge in [0.25, 0.3) is 5.91 Å². The first-order valence-corrected chi connectivity index (χ1v) is 9.25. The lowest BCUT2D eigenvalue weighted by Gasteiger charge is -2.32. The van der Waals surface area contributed by atoms with E-state index in [1.165, 1.54) is 0 Å². The summed E-state index contributed by atoms with van der Waals surface area (Å²) in [6.45, 7) is 1.88. The Bertz CT molecular complexity index is 832. The van der Waals surface area contributed by atoms with Gasteiger partial charge in [-0.05, 0) is 36.4 Å². The Labute approximate surface area is 150 Å². The predicted octanol–water partition coefficient (Wildman–Crippen LogP) is 3.17. The molecule has 3 aromatic rings. The molecular formula is C19H19N3O2S.